The fraction of sp³-hybridized carbons (Fsp3) is 0.818. The minimum atomic E-state index is 0.860. The van der Waals surface area contributed by atoms with E-state index in [1.54, 1.807) is 0 Å². The molecule has 1 heteroatoms. The van der Waals surface area contributed by atoms with Crippen molar-refractivity contribution in [2.45, 2.75) is 39.5 Å². The molecule has 0 aromatic heterocycles. The van der Waals surface area contributed by atoms with Gasteiger partial charge in [0.05, 0.1) is 0 Å². The first-order valence-corrected chi connectivity index (χ1v) is 5.14. The van der Waals surface area contributed by atoms with E-state index in [9.17, 15) is 0 Å². The maximum atomic E-state index is 3.95. The Labute approximate surface area is 76.2 Å². The first-order valence-electron chi connectivity index (χ1n) is 5.14. The summed E-state index contributed by atoms with van der Waals surface area (Å²) in [5.41, 5.74) is 1.24. The van der Waals surface area contributed by atoms with Gasteiger partial charge >= 0.3 is 0 Å². The van der Waals surface area contributed by atoms with Crippen molar-refractivity contribution in [2.75, 3.05) is 6.54 Å². The zero-order valence-corrected chi connectivity index (χ0v) is 8.40. The second kappa shape index (κ2) is 4.54. The SMILES string of the molecule is C=C1C[C@H](CC(C)CCC)CN1. The Morgan fingerprint density at radius 2 is 2.42 bits per heavy atom. The third-order valence-corrected chi connectivity index (χ3v) is 2.69. The lowest BCUT2D eigenvalue weighted by molar-refractivity contribution is 0.393. The Morgan fingerprint density at radius 1 is 1.67 bits per heavy atom. The molecule has 0 amide bonds. The lowest BCUT2D eigenvalue weighted by Gasteiger charge is -2.13. The van der Waals surface area contributed by atoms with Crippen molar-refractivity contribution in [1.29, 1.82) is 0 Å². The molecule has 0 aromatic rings. The van der Waals surface area contributed by atoms with E-state index in [1.807, 2.05) is 0 Å². The summed E-state index contributed by atoms with van der Waals surface area (Å²) in [6.07, 6.45) is 5.28. The van der Waals surface area contributed by atoms with E-state index in [2.05, 4.69) is 25.7 Å². The first-order chi connectivity index (χ1) is 5.72. The van der Waals surface area contributed by atoms with E-state index >= 15 is 0 Å². The fourth-order valence-corrected chi connectivity index (χ4v) is 2.13. The average molecular weight is 167 g/mol. The summed E-state index contributed by atoms with van der Waals surface area (Å²) in [6.45, 7) is 9.74. The highest BCUT2D eigenvalue weighted by molar-refractivity contribution is 5.00. The van der Waals surface area contributed by atoms with Crippen LogP contribution < -0.4 is 5.32 Å². The van der Waals surface area contributed by atoms with Gasteiger partial charge in [-0.2, -0.15) is 0 Å². The van der Waals surface area contributed by atoms with Gasteiger partial charge in [-0.05, 0) is 24.7 Å². The van der Waals surface area contributed by atoms with Gasteiger partial charge < -0.3 is 5.32 Å². The van der Waals surface area contributed by atoms with Gasteiger partial charge in [-0.25, -0.2) is 0 Å². The van der Waals surface area contributed by atoms with Gasteiger partial charge in [-0.1, -0.05) is 33.3 Å². The van der Waals surface area contributed by atoms with Crippen LogP contribution in [0.5, 0.6) is 0 Å². The normalized spacial score (nSPS) is 25.5. The molecule has 0 bridgehead atoms. The maximum absolute atomic E-state index is 3.95. The summed E-state index contributed by atoms with van der Waals surface area (Å²) >= 11 is 0. The fourth-order valence-electron chi connectivity index (χ4n) is 2.13. The standard InChI is InChI=1S/C11H21N/c1-4-5-9(2)6-11-7-10(3)12-8-11/h9,11-12H,3-8H2,1-2H3/t9?,11-/m0/s1. The van der Waals surface area contributed by atoms with Crippen LogP contribution in [0.4, 0.5) is 0 Å². The summed E-state index contributed by atoms with van der Waals surface area (Å²) in [7, 11) is 0. The number of hydrogen-bond acceptors (Lipinski definition) is 1. The lowest BCUT2D eigenvalue weighted by Crippen LogP contribution is -2.10. The molecule has 1 nitrogen and oxygen atoms in total. The van der Waals surface area contributed by atoms with Crippen LogP contribution in [0.15, 0.2) is 12.3 Å². The maximum Gasteiger partial charge on any atom is 0.0175 e. The van der Waals surface area contributed by atoms with Crippen molar-refractivity contribution < 1.29 is 0 Å². The predicted octanol–water partition coefficient (Wildman–Crippen LogP) is 2.94. The monoisotopic (exact) mass is 167 g/mol. The summed E-state index contributed by atoms with van der Waals surface area (Å²) in [4.78, 5) is 0. The van der Waals surface area contributed by atoms with E-state index < -0.39 is 0 Å². The van der Waals surface area contributed by atoms with Crippen molar-refractivity contribution in [3.05, 3.63) is 12.3 Å². The second-order valence-corrected chi connectivity index (χ2v) is 4.18. The van der Waals surface area contributed by atoms with E-state index in [0.717, 1.165) is 18.4 Å². The topological polar surface area (TPSA) is 12.0 Å². The lowest BCUT2D eigenvalue weighted by atomic mass is 9.92. The van der Waals surface area contributed by atoms with Crippen LogP contribution in [0.2, 0.25) is 0 Å². The molecule has 1 fully saturated rings. The zero-order valence-electron chi connectivity index (χ0n) is 8.40. The minimum Gasteiger partial charge on any atom is -0.389 e. The number of hydrogen-bond donors (Lipinski definition) is 1. The van der Waals surface area contributed by atoms with Crippen molar-refractivity contribution in [1.82, 2.24) is 5.32 Å². The Morgan fingerprint density at radius 3 is 2.92 bits per heavy atom. The largest absolute Gasteiger partial charge is 0.389 e. The average Bonchev–Trinajstić information content (AvgIpc) is 2.36. The molecule has 12 heavy (non-hydrogen) atoms. The molecular weight excluding hydrogens is 146 g/mol. The van der Waals surface area contributed by atoms with Crippen LogP contribution in [-0.2, 0) is 0 Å². The van der Waals surface area contributed by atoms with Crippen molar-refractivity contribution in [3.8, 4) is 0 Å². The van der Waals surface area contributed by atoms with E-state index in [-0.39, 0.29) is 0 Å². The predicted molar refractivity (Wildman–Crippen MR) is 53.9 cm³/mol. The molecule has 1 heterocycles. The summed E-state index contributed by atoms with van der Waals surface area (Å²) < 4.78 is 0. The van der Waals surface area contributed by atoms with Crippen LogP contribution >= 0.6 is 0 Å². The first kappa shape index (κ1) is 9.63. The van der Waals surface area contributed by atoms with Gasteiger partial charge in [0.1, 0.15) is 0 Å². The molecular formula is C11H21N. The van der Waals surface area contributed by atoms with Gasteiger partial charge in [0.15, 0.2) is 0 Å². The molecule has 1 N–H and O–H groups in total. The van der Waals surface area contributed by atoms with Gasteiger partial charge in [-0.15, -0.1) is 0 Å². The molecule has 0 spiro atoms. The van der Waals surface area contributed by atoms with Crippen LogP contribution in [0.1, 0.15) is 39.5 Å². The highest BCUT2D eigenvalue weighted by Gasteiger charge is 2.18. The molecule has 1 aliphatic rings. The smallest absolute Gasteiger partial charge is 0.0175 e. The Balaban J connectivity index is 2.18. The minimum absolute atomic E-state index is 0.860. The molecule has 1 aliphatic heterocycles. The van der Waals surface area contributed by atoms with Crippen LogP contribution in [-0.4, -0.2) is 6.54 Å². The van der Waals surface area contributed by atoms with Crippen molar-refractivity contribution in [3.63, 3.8) is 0 Å². The highest BCUT2D eigenvalue weighted by atomic mass is 14.9. The quantitative estimate of drug-likeness (QED) is 0.679. The van der Waals surface area contributed by atoms with Crippen molar-refractivity contribution >= 4 is 0 Å². The van der Waals surface area contributed by atoms with Crippen molar-refractivity contribution in [2.24, 2.45) is 11.8 Å². The van der Waals surface area contributed by atoms with E-state index in [1.165, 1.54) is 31.4 Å². The van der Waals surface area contributed by atoms with E-state index in [4.69, 9.17) is 0 Å². The number of nitrogens with one attached hydrogen (secondary N) is 1. The molecule has 2 atom stereocenters. The molecule has 0 saturated carbocycles. The van der Waals surface area contributed by atoms with Crippen LogP contribution in [0.3, 0.4) is 0 Å². The Hall–Kier alpha value is -0.460. The third-order valence-electron chi connectivity index (χ3n) is 2.69. The molecule has 1 rings (SSSR count). The van der Waals surface area contributed by atoms with Gasteiger partial charge in [0, 0.05) is 12.2 Å². The molecule has 1 unspecified atom stereocenters. The molecule has 0 aliphatic carbocycles. The van der Waals surface area contributed by atoms with Gasteiger partial charge in [0.25, 0.3) is 0 Å². The second-order valence-electron chi connectivity index (χ2n) is 4.18. The zero-order chi connectivity index (χ0) is 8.97. The highest BCUT2D eigenvalue weighted by Crippen LogP contribution is 2.24. The van der Waals surface area contributed by atoms with Gasteiger partial charge in [-0.3, -0.25) is 0 Å². The Bertz CT molecular complexity index is 151. The molecule has 0 aromatic carbocycles. The van der Waals surface area contributed by atoms with Gasteiger partial charge in [0.2, 0.25) is 0 Å². The third kappa shape index (κ3) is 2.88. The summed E-state index contributed by atoms with van der Waals surface area (Å²) in [6, 6.07) is 0. The molecule has 0 radical (unpaired) electrons. The summed E-state index contributed by atoms with van der Waals surface area (Å²) in [5.74, 6) is 1.76. The number of rotatable bonds is 4. The summed E-state index contributed by atoms with van der Waals surface area (Å²) in [5, 5.41) is 3.32. The van der Waals surface area contributed by atoms with E-state index in [0.29, 0.717) is 0 Å². The molecule has 1 saturated heterocycles. The Kier molecular flexibility index (Phi) is 3.64. The number of allylic oxidation sites excluding steroid dienone is 1. The van der Waals surface area contributed by atoms with Crippen LogP contribution in [0.25, 0.3) is 0 Å². The van der Waals surface area contributed by atoms with Crippen LogP contribution in [0, 0.1) is 11.8 Å². The molecule has 70 valence electrons.